The van der Waals surface area contributed by atoms with Gasteiger partial charge >= 0.3 is 5.97 Å². The van der Waals surface area contributed by atoms with Gasteiger partial charge in [-0.15, -0.1) is 0 Å². The average molecular weight is 703 g/mol. The van der Waals surface area contributed by atoms with E-state index in [1.54, 1.807) is 35.3 Å². The fourth-order valence-corrected chi connectivity index (χ4v) is 6.99. The third-order valence-corrected chi connectivity index (χ3v) is 9.96. The van der Waals surface area contributed by atoms with Crippen LogP contribution in [0.25, 0.3) is 16.6 Å². The third kappa shape index (κ3) is 6.34. The molecule has 4 aromatic heterocycles. The summed E-state index contributed by atoms with van der Waals surface area (Å²) < 4.78 is 7.77. The molecule has 0 bridgehead atoms. The number of aromatic carboxylic acids is 1. The molecule has 14 heteroatoms. The standard InChI is InChI=1S/C35H33Cl2N7O5/c1-41(2)24-16-42(17-24)31-7-6-22(14-39-31)44-18-26(35(47)48)33(46)25-11-28(37)30(12-29(25)44)43-15-21(20-5-8-32(45)40-13-20)10-23(43)19-49-34-27(36)4-3-9-38-34/h3-9,11-14,18,21,23-24H,10,15-17,19H2,1-2H3,(H,40,45)(H,47,48)/t21?,23-/m1/s1. The van der Waals surface area contributed by atoms with Gasteiger partial charge in [-0.25, -0.2) is 14.8 Å². The van der Waals surface area contributed by atoms with Gasteiger partial charge in [0.15, 0.2) is 0 Å². The van der Waals surface area contributed by atoms with Crippen molar-refractivity contribution in [3.8, 4) is 11.6 Å². The van der Waals surface area contributed by atoms with E-state index >= 15 is 0 Å². The quantitative estimate of drug-likeness (QED) is 0.223. The van der Waals surface area contributed by atoms with E-state index in [-0.39, 0.29) is 40.1 Å². The van der Waals surface area contributed by atoms with Crippen molar-refractivity contribution >= 4 is 51.6 Å². The molecule has 2 N–H and O–H groups in total. The predicted molar refractivity (Wildman–Crippen MR) is 189 cm³/mol. The van der Waals surface area contributed by atoms with Gasteiger partial charge in [0.05, 0.1) is 34.2 Å². The number of anilines is 2. The lowest BCUT2D eigenvalue weighted by Gasteiger charge is -2.43. The largest absolute Gasteiger partial charge is 0.477 e. The summed E-state index contributed by atoms with van der Waals surface area (Å²) >= 11 is 13.3. The molecule has 0 spiro atoms. The number of rotatable bonds is 9. The molecule has 1 unspecified atom stereocenters. The first-order valence-electron chi connectivity index (χ1n) is 15.8. The minimum absolute atomic E-state index is 0.0124. The number of carbonyl (C=O) groups is 1. The normalized spacial score (nSPS) is 17.9. The molecule has 5 aromatic rings. The molecule has 2 aliphatic rings. The minimum Gasteiger partial charge on any atom is -0.477 e. The Labute approximate surface area is 291 Å². The number of likely N-dealkylation sites (N-methyl/N-ethyl adjacent to an activating group) is 1. The second-order valence-electron chi connectivity index (χ2n) is 12.6. The number of halogens is 2. The summed E-state index contributed by atoms with van der Waals surface area (Å²) in [6, 6.07) is 14.1. The number of aromatic nitrogens is 4. The maximum atomic E-state index is 13.5. The molecular weight excluding hydrogens is 669 g/mol. The number of ether oxygens (including phenoxy) is 1. The number of nitrogens with zero attached hydrogens (tertiary/aromatic N) is 6. The number of benzene rings is 1. The average Bonchev–Trinajstić information content (AvgIpc) is 3.48. The Balaban J connectivity index is 1.29. The fourth-order valence-electron chi connectivity index (χ4n) is 6.54. The summed E-state index contributed by atoms with van der Waals surface area (Å²) in [6.45, 7) is 2.47. The molecule has 252 valence electrons. The number of aromatic amines is 1. The molecule has 49 heavy (non-hydrogen) atoms. The van der Waals surface area contributed by atoms with Crippen LogP contribution < -0.4 is 25.5 Å². The number of hydrogen-bond acceptors (Lipinski definition) is 9. The van der Waals surface area contributed by atoms with Crippen molar-refractivity contribution in [3.63, 3.8) is 0 Å². The van der Waals surface area contributed by atoms with Crippen LogP contribution in [0.2, 0.25) is 10.0 Å². The first-order chi connectivity index (χ1) is 23.6. The van der Waals surface area contributed by atoms with Gasteiger partial charge in [0.1, 0.15) is 23.0 Å². The molecule has 1 aromatic carbocycles. The van der Waals surface area contributed by atoms with Gasteiger partial charge in [0.2, 0.25) is 16.9 Å². The number of H-pyrrole nitrogens is 1. The molecule has 2 aliphatic heterocycles. The smallest absolute Gasteiger partial charge is 0.341 e. The molecule has 0 radical (unpaired) electrons. The summed E-state index contributed by atoms with van der Waals surface area (Å²) in [5, 5.41) is 10.8. The second-order valence-corrected chi connectivity index (χ2v) is 13.4. The van der Waals surface area contributed by atoms with Crippen LogP contribution >= 0.6 is 23.2 Å². The highest BCUT2D eigenvalue weighted by Crippen LogP contribution is 2.40. The van der Waals surface area contributed by atoms with Gasteiger partial charge in [0, 0.05) is 61.6 Å². The van der Waals surface area contributed by atoms with Crippen molar-refractivity contribution in [2.24, 2.45) is 0 Å². The Morgan fingerprint density at radius 3 is 2.55 bits per heavy atom. The zero-order valence-electron chi connectivity index (χ0n) is 26.7. The molecule has 0 aliphatic carbocycles. The van der Waals surface area contributed by atoms with Crippen molar-refractivity contribution in [3.05, 3.63) is 115 Å². The van der Waals surface area contributed by atoms with Crippen molar-refractivity contribution in [2.45, 2.75) is 24.4 Å². The Hall–Kier alpha value is -4.91. The monoisotopic (exact) mass is 701 g/mol. The van der Waals surface area contributed by atoms with Crippen LogP contribution in [-0.2, 0) is 0 Å². The second kappa shape index (κ2) is 13.2. The summed E-state index contributed by atoms with van der Waals surface area (Å²) in [5.41, 5.74) is 1.45. The van der Waals surface area contributed by atoms with Crippen molar-refractivity contribution in [1.82, 2.24) is 24.4 Å². The molecule has 0 amide bonds. The van der Waals surface area contributed by atoms with E-state index in [9.17, 15) is 19.5 Å². The topological polar surface area (TPSA) is 137 Å². The highest BCUT2D eigenvalue weighted by atomic mass is 35.5. The molecule has 2 saturated heterocycles. The Morgan fingerprint density at radius 2 is 1.88 bits per heavy atom. The van der Waals surface area contributed by atoms with Crippen LogP contribution in [0, 0.1) is 0 Å². The van der Waals surface area contributed by atoms with Gasteiger partial charge in [0.25, 0.3) is 0 Å². The van der Waals surface area contributed by atoms with Crippen LogP contribution in [0.4, 0.5) is 11.5 Å². The molecule has 2 fully saturated rings. The van der Waals surface area contributed by atoms with Gasteiger partial charge in [-0.3, -0.25) is 9.59 Å². The van der Waals surface area contributed by atoms with Crippen molar-refractivity contribution < 1.29 is 14.6 Å². The van der Waals surface area contributed by atoms with Crippen LogP contribution in [0.3, 0.4) is 0 Å². The van der Waals surface area contributed by atoms with Gasteiger partial charge in [-0.1, -0.05) is 29.3 Å². The zero-order valence-corrected chi connectivity index (χ0v) is 28.2. The number of hydrogen-bond donors (Lipinski definition) is 2. The maximum Gasteiger partial charge on any atom is 0.341 e. The highest BCUT2D eigenvalue weighted by molar-refractivity contribution is 6.34. The van der Waals surface area contributed by atoms with E-state index in [4.69, 9.17) is 27.9 Å². The van der Waals surface area contributed by atoms with Crippen molar-refractivity contribution in [2.75, 3.05) is 50.1 Å². The van der Waals surface area contributed by atoms with Gasteiger partial charge in [-0.05, 0) is 62.5 Å². The number of carboxylic acid groups (broad SMARTS) is 1. The Kier molecular flexibility index (Phi) is 8.78. The first kappa shape index (κ1) is 32.6. The van der Waals surface area contributed by atoms with E-state index in [0.29, 0.717) is 46.8 Å². The summed E-state index contributed by atoms with van der Waals surface area (Å²) in [4.78, 5) is 55.6. The molecular formula is C35H33Cl2N7O5. The lowest BCUT2D eigenvalue weighted by atomic mass is 9.98. The number of nitrogens with one attached hydrogen (secondary N) is 1. The lowest BCUT2D eigenvalue weighted by Crippen LogP contribution is -2.57. The molecule has 12 nitrogen and oxygen atoms in total. The summed E-state index contributed by atoms with van der Waals surface area (Å²) in [7, 11) is 4.11. The van der Waals surface area contributed by atoms with Crippen LogP contribution in [0.1, 0.15) is 28.3 Å². The minimum atomic E-state index is -1.34. The maximum absolute atomic E-state index is 13.5. The van der Waals surface area contributed by atoms with E-state index in [2.05, 4.69) is 43.7 Å². The summed E-state index contributed by atoms with van der Waals surface area (Å²) in [5.74, 6) is -0.203. The lowest BCUT2D eigenvalue weighted by molar-refractivity contribution is 0.0695. The third-order valence-electron chi connectivity index (χ3n) is 9.37. The first-order valence-corrected chi connectivity index (χ1v) is 16.5. The van der Waals surface area contributed by atoms with E-state index in [1.165, 1.54) is 18.3 Å². The predicted octanol–water partition coefficient (Wildman–Crippen LogP) is 4.67. The molecule has 0 saturated carbocycles. The van der Waals surface area contributed by atoms with Crippen molar-refractivity contribution in [1.29, 1.82) is 0 Å². The van der Waals surface area contributed by atoms with E-state index in [0.717, 1.165) is 24.5 Å². The Morgan fingerprint density at radius 1 is 1.06 bits per heavy atom. The molecule has 7 rings (SSSR count). The van der Waals surface area contributed by atoms with E-state index in [1.807, 2.05) is 24.3 Å². The summed E-state index contributed by atoms with van der Waals surface area (Å²) in [6.07, 6.45) is 7.00. The van der Waals surface area contributed by atoms with Gasteiger partial charge < -0.3 is 34.1 Å². The van der Waals surface area contributed by atoms with E-state index < -0.39 is 11.4 Å². The van der Waals surface area contributed by atoms with Crippen LogP contribution in [0.5, 0.6) is 5.88 Å². The molecule has 6 heterocycles. The molecule has 2 atom stereocenters. The number of pyridine rings is 4. The zero-order chi connectivity index (χ0) is 34.4. The van der Waals surface area contributed by atoms with Crippen LogP contribution in [-0.4, -0.2) is 87.9 Å². The highest BCUT2D eigenvalue weighted by Gasteiger charge is 2.36. The number of fused-ring (bicyclic) bond motifs is 1. The van der Waals surface area contributed by atoms with Crippen LogP contribution in [0.15, 0.2) is 82.9 Å². The SMILES string of the molecule is CN(C)C1CN(c2ccc(-n3cc(C(=O)O)c(=O)c4cc(Cl)c(N5CC(c6ccc(=O)[nH]c6)C[C@@H]5COc5ncccc5Cl)cc43)cn2)C1. The Bertz CT molecular complexity index is 2150. The van der Waals surface area contributed by atoms with Gasteiger partial charge in [-0.2, -0.15) is 0 Å². The fraction of sp³-hybridized carbons (Fsp3) is 0.286. The number of carboxylic acids is 1.